The van der Waals surface area contributed by atoms with Crippen LogP contribution in [0.1, 0.15) is 54.9 Å². The number of aryl methyl sites for hydroxylation is 1. The fraction of sp³-hybridized carbons (Fsp3) is 0.444. The molecule has 0 aliphatic carbocycles. The summed E-state index contributed by atoms with van der Waals surface area (Å²) in [4.78, 5) is 15.3. The maximum Gasteiger partial charge on any atom is 0.255 e. The van der Waals surface area contributed by atoms with Crippen LogP contribution in [0.25, 0.3) is 11.4 Å². The van der Waals surface area contributed by atoms with Gasteiger partial charge in [-0.25, -0.2) is 4.39 Å². The molecule has 3 aromatic rings. The predicted octanol–water partition coefficient (Wildman–Crippen LogP) is 4.67. The highest BCUT2D eigenvalue weighted by molar-refractivity contribution is 6.04. The Hall–Kier alpha value is -3.10. The molecule has 5 rings (SSSR count). The lowest BCUT2D eigenvalue weighted by molar-refractivity contribution is -0.0704. The Morgan fingerprint density at radius 1 is 1.06 bits per heavy atom. The SMILES string of the molecule is CC1CN(Cc2ccc(C(=O)Nc3cc(-c4nnc5n4CCCCC5)ccc3F)cc2)CC(C)O1. The molecule has 2 aliphatic heterocycles. The monoisotopic (exact) mass is 477 g/mol. The van der Waals surface area contributed by atoms with Crippen molar-refractivity contribution >= 4 is 11.6 Å². The minimum atomic E-state index is -0.482. The average molecular weight is 478 g/mol. The number of morpholine rings is 1. The van der Waals surface area contributed by atoms with E-state index in [0.29, 0.717) is 11.4 Å². The first-order chi connectivity index (χ1) is 17.0. The molecule has 2 unspecified atom stereocenters. The maximum absolute atomic E-state index is 14.6. The Labute approximate surface area is 205 Å². The number of carbonyl (C=O) groups is 1. The van der Waals surface area contributed by atoms with Gasteiger partial charge in [0.15, 0.2) is 5.82 Å². The Morgan fingerprint density at radius 3 is 2.60 bits per heavy atom. The number of anilines is 1. The Balaban J connectivity index is 1.28. The van der Waals surface area contributed by atoms with Crippen LogP contribution < -0.4 is 5.32 Å². The third-order valence-corrected chi connectivity index (χ3v) is 6.70. The van der Waals surface area contributed by atoms with Crippen LogP contribution in [0.2, 0.25) is 0 Å². The van der Waals surface area contributed by atoms with Crippen molar-refractivity contribution in [3.63, 3.8) is 0 Å². The molecule has 8 heteroatoms. The summed E-state index contributed by atoms with van der Waals surface area (Å²) in [6.07, 6.45) is 4.66. The molecule has 2 atom stereocenters. The van der Waals surface area contributed by atoms with Gasteiger partial charge in [0.25, 0.3) is 5.91 Å². The molecule has 1 N–H and O–H groups in total. The number of fused-ring (bicyclic) bond motifs is 1. The van der Waals surface area contributed by atoms with E-state index in [4.69, 9.17) is 4.74 Å². The quantitative estimate of drug-likeness (QED) is 0.578. The van der Waals surface area contributed by atoms with Gasteiger partial charge >= 0.3 is 0 Å². The van der Waals surface area contributed by atoms with Gasteiger partial charge in [0.05, 0.1) is 17.9 Å². The van der Waals surface area contributed by atoms with Gasteiger partial charge in [-0.2, -0.15) is 0 Å². The zero-order valence-electron chi connectivity index (χ0n) is 20.3. The van der Waals surface area contributed by atoms with Crippen LogP contribution in [0, 0.1) is 5.82 Å². The molecule has 0 bridgehead atoms. The number of nitrogens with one attached hydrogen (secondary N) is 1. The van der Waals surface area contributed by atoms with Gasteiger partial charge in [-0.05, 0) is 62.6 Å². The number of hydrogen-bond acceptors (Lipinski definition) is 5. The standard InChI is InChI=1S/C27H32FN5O2/c1-18-15-32(16-19(2)35-18)17-20-7-9-21(10-8-20)27(34)29-24-14-22(11-12-23(24)28)26-31-30-25-6-4-3-5-13-33(25)26/h7-12,14,18-19H,3-6,13,15-17H2,1-2H3,(H,29,34). The van der Waals surface area contributed by atoms with Crippen LogP contribution in [0.4, 0.5) is 10.1 Å². The zero-order valence-corrected chi connectivity index (χ0v) is 20.3. The summed E-state index contributed by atoms with van der Waals surface area (Å²) >= 11 is 0. The van der Waals surface area contributed by atoms with E-state index in [-0.39, 0.29) is 23.8 Å². The number of hydrogen-bond donors (Lipinski definition) is 1. The number of rotatable bonds is 5. The average Bonchev–Trinajstić information content (AvgIpc) is 3.08. The van der Waals surface area contributed by atoms with Crippen LogP contribution in [0.5, 0.6) is 0 Å². The highest BCUT2D eigenvalue weighted by Gasteiger charge is 2.22. The number of aromatic nitrogens is 3. The van der Waals surface area contributed by atoms with Crippen molar-refractivity contribution in [1.82, 2.24) is 19.7 Å². The smallest absolute Gasteiger partial charge is 0.255 e. The molecular formula is C27H32FN5O2. The molecule has 7 nitrogen and oxygen atoms in total. The Kier molecular flexibility index (Phi) is 6.92. The second kappa shape index (κ2) is 10.3. The topological polar surface area (TPSA) is 72.3 Å². The van der Waals surface area contributed by atoms with E-state index in [1.807, 2.05) is 12.1 Å². The molecule has 1 amide bonds. The minimum Gasteiger partial charge on any atom is -0.373 e. The fourth-order valence-corrected chi connectivity index (χ4v) is 5.09. The summed E-state index contributed by atoms with van der Waals surface area (Å²) in [6, 6.07) is 12.2. The van der Waals surface area contributed by atoms with Crippen LogP contribution in [-0.2, 0) is 24.2 Å². The van der Waals surface area contributed by atoms with E-state index < -0.39 is 5.82 Å². The highest BCUT2D eigenvalue weighted by Crippen LogP contribution is 2.27. The number of halogens is 1. The molecule has 2 aliphatic rings. The van der Waals surface area contributed by atoms with Crippen molar-refractivity contribution in [2.45, 2.75) is 64.8 Å². The molecule has 184 valence electrons. The number of carbonyl (C=O) groups excluding carboxylic acids is 1. The predicted molar refractivity (Wildman–Crippen MR) is 133 cm³/mol. The van der Waals surface area contributed by atoms with Crippen molar-refractivity contribution in [2.75, 3.05) is 18.4 Å². The van der Waals surface area contributed by atoms with Crippen molar-refractivity contribution in [3.05, 3.63) is 65.2 Å². The third kappa shape index (κ3) is 5.44. The van der Waals surface area contributed by atoms with Crippen molar-refractivity contribution < 1.29 is 13.9 Å². The van der Waals surface area contributed by atoms with E-state index in [0.717, 1.165) is 68.8 Å². The molecule has 1 aromatic heterocycles. The first-order valence-electron chi connectivity index (χ1n) is 12.5. The van der Waals surface area contributed by atoms with E-state index in [1.54, 1.807) is 24.3 Å². The van der Waals surface area contributed by atoms with Crippen molar-refractivity contribution in [1.29, 1.82) is 0 Å². The molecule has 1 fully saturated rings. The maximum atomic E-state index is 14.6. The van der Waals surface area contributed by atoms with Gasteiger partial charge in [0, 0.05) is 43.7 Å². The van der Waals surface area contributed by atoms with Crippen LogP contribution in [0.3, 0.4) is 0 Å². The van der Waals surface area contributed by atoms with Gasteiger partial charge in [-0.1, -0.05) is 18.6 Å². The summed E-state index contributed by atoms with van der Waals surface area (Å²) in [5.41, 5.74) is 2.49. The molecule has 0 saturated carbocycles. The normalized spacial score (nSPS) is 20.8. The third-order valence-electron chi connectivity index (χ3n) is 6.70. The fourth-order valence-electron chi connectivity index (χ4n) is 5.09. The van der Waals surface area contributed by atoms with E-state index in [9.17, 15) is 9.18 Å². The van der Waals surface area contributed by atoms with Gasteiger partial charge in [0.1, 0.15) is 11.6 Å². The number of benzene rings is 2. The Morgan fingerprint density at radius 2 is 1.83 bits per heavy atom. The second-order valence-corrected chi connectivity index (χ2v) is 9.70. The lowest BCUT2D eigenvalue weighted by atomic mass is 10.1. The molecule has 3 heterocycles. The first kappa shape index (κ1) is 23.6. The van der Waals surface area contributed by atoms with E-state index in [2.05, 4.69) is 38.8 Å². The molecular weight excluding hydrogens is 445 g/mol. The van der Waals surface area contributed by atoms with Crippen molar-refractivity contribution in [2.24, 2.45) is 0 Å². The minimum absolute atomic E-state index is 0.138. The van der Waals surface area contributed by atoms with Crippen LogP contribution >= 0.6 is 0 Å². The summed E-state index contributed by atoms with van der Waals surface area (Å²) in [5.74, 6) is 0.855. The highest BCUT2D eigenvalue weighted by atomic mass is 19.1. The molecule has 0 radical (unpaired) electrons. The van der Waals surface area contributed by atoms with Gasteiger partial charge in [-0.15, -0.1) is 10.2 Å². The Bertz CT molecular complexity index is 1180. The number of amides is 1. The van der Waals surface area contributed by atoms with Gasteiger partial charge in [-0.3, -0.25) is 9.69 Å². The number of nitrogens with zero attached hydrogens (tertiary/aromatic N) is 4. The lowest BCUT2D eigenvalue weighted by Gasteiger charge is -2.35. The van der Waals surface area contributed by atoms with Gasteiger partial charge in [0.2, 0.25) is 0 Å². The summed E-state index contributed by atoms with van der Waals surface area (Å²) in [6.45, 7) is 7.60. The van der Waals surface area contributed by atoms with Crippen molar-refractivity contribution in [3.8, 4) is 11.4 Å². The van der Waals surface area contributed by atoms with Crippen LogP contribution in [-0.4, -0.2) is 50.9 Å². The van der Waals surface area contributed by atoms with Crippen LogP contribution in [0.15, 0.2) is 42.5 Å². The summed E-state index contributed by atoms with van der Waals surface area (Å²) in [7, 11) is 0. The molecule has 2 aromatic carbocycles. The first-order valence-corrected chi connectivity index (χ1v) is 12.5. The zero-order chi connectivity index (χ0) is 24.4. The second-order valence-electron chi connectivity index (χ2n) is 9.70. The summed E-state index contributed by atoms with van der Waals surface area (Å²) in [5, 5.41) is 11.4. The number of ether oxygens (including phenoxy) is 1. The largest absolute Gasteiger partial charge is 0.373 e. The lowest BCUT2D eigenvalue weighted by Crippen LogP contribution is -2.44. The van der Waals surface area contributed by atoms with E-state index in [1.165, 1.54) is 6.07 Å². The molecule has 35 heavy (non-hydrogen) atoms. The molecule has 1 saturated heterocycles. The molecule has 0 spiro atoms. The summed E-state index contributed by atoms with van der Waals surface area (Å²) < 4.78 is 22.5. The van der Waals surface area contributed by atoms with Gasteiger partial charge < -0.3 is 14.6 Å². The van der Waals surface area contributed by atoms with E-state index >= 15 is 0 Å².